The quantitative estimate of drug-likeness (QED) is 0.794. The van der Waals surface area contributed by atoms with Crippen molar-refractivity contribution in [3.8, 4) is 0 Å². The van der Waals surface area contributed by atoms with Crippen molar-refractivity contribution in [2.24, 2.45) is 16.2 Å². The van der Waals surface area contributed by atoms with Crippen LogP contribution in [0.3, 0.4) is 0 Å². The summed E-state index contributed by atoms with van der Waals surface area (Å²) < 4.78 is 5.99. The highest BCUT2D eigenvalue weighted by Crippen LogP contribution is 2.89. The van der Waals surface area contributed by atoms with Crippen molar-refractivity contribution in [3.63, 3.8) is 0 Å². The highest BCUT2D eigenvalue weighted by atomic mass is 16.5. The minimum Gasteiger partial charge on any atom is -0.352 e. The van der Waals surface area contributed by atoms with Crippen LogP contribution < -0.4 is 0 Å². The molecule has 2 saturated heterocycles. The van der Waals surface area contributed by atoms with Gasteiger partial charge in [0.15, 0.2) is 6.23 Å². The van der Waals surface area contributed by atoms with E-state index in [2.05, 4.69) is 30.9 Å². The van der Waals surface area contributed by atoms with Crippen molar-refractivity contribution in [2.75, 3.05) is 6.61 Å². The first-order chi connectivity index (χ1) is 10.6. The number of carbonyl (C=O) groups is 1. The molecule has 2 unspecified atom stereocenters. The van der Waals surface area contributed by atoms with Crippen molar-refractivity contribution in [1.82, 2.24) is 4.90 Å². The number of carbonyl (C=O) groups excluding carboxylic acids is 1. The molecule has 4 fully saturated rings. The minimum absolute atomic E-state index is 0.0975. The number of hydrogen-bond donors (Lipinski definition) is 0. The smallest absolute Gasteiger partial charge is 0.232 e. The number of fused-ring (bicyclic) bond motifs is 2. The zero-order chi connectivity index (χ0) is 15.2. The summed E-state index contributed by atoms with van der Waals surface area (Å²) in [5.74, 6) is 0.369. The number of rotatable bonds is 1. The van der Waals surface area contributed by atoms with Gasteiger partial charge in [0.05, 0.1) is 18.1 Å². The summed E-state index contributed by atoms with van der Waals surface area (Å²) in [5, 5.41) is 0. The lowest BCUT2D eigenvalue weighted by molar-refractivity contribution is -0.141. The molecule has 2 aliphatic heterocycles. The molecule has 0 radical (unpaired) electrons. The van der Waals surface area contributed by atoms with Crippen molar-refractivity contribution in [3.05, 3.63) is 35.9 Å². The van der Waals surface area contributed by atoms with E-state index >= 15 is 0 Å². The van der Waals surface area contributed by atoms with Crippen molar-refractivity contribution < 1.29 is 9.53 Å². The lowest BCUT2D eigenvalue weighted by Crippen LogP contribution is -2.35. The molecule has 1 amide bonds. The zero-order valence-corrected chi connectivity index (χ0v) is 13.3. The monoisotopic (exact) mass is 297 g/mol. The van der Waals surface area contributed by atoms with Gasteiger partial charge < -0.3 is 9.64 Å². The van der Waals surface area contributed by atoms with Gasteiger partial charge in [-0.25, -0.2) is 0 Å². The zero-order valence-electron chi connectivity index (χ0n) is 13.3. The first-order valence-corrected chi connectivity index (χ1v) is 8.55. The van der Waals surface area contributed by atoms with E-state index in [1.807, 2.05) is 18.2 Å². The summed E-state index contributed by atoms with van der Waals surface area (Å²) in [6.07, 6.45) is 4.60. The maximum absolute atomic E-state index is 13.4. The number of amides is 1. The van der Waals surface area contributed by atoms with Crippen LogP contribution in [-0.4, -0.2) is 23.5 Å². The molecule has 2 saturated carbocycles. The molecule has 3 heteroatoms. The molecule has 1 aromatic carbocycles. The van der Waals surface area contributed by atoms with E-state index in [0.717, 1.165) is 12.0 Å². The van der Waals surface area contributed by atoms with Gasteiger partial charge in [-0.05, 0) is 30.1 Å². The van der Waals surface area contributed by atoms with Crippen molar-refractivity contribution >= 4 is 5.91 Å². The summed E-state index contributed by atoms with van der Waals surface area (Å²) in [4.78, 5) is 15.5. The Labute approximate surface area is 131 Å². The molecule has 5 rings (SSSR count). The second kappa shape index (κ2) is 3.76. The maximum Gasteiger partial charge on any atom is 0.232 e. The normalized spacial score (nSPS) is 40.1. The largest absolute Gasteiger partial charge is 0.352 e. The summed E-state index contributed by atoms with van der Waals surface area (Å²) in [6.45, 7) is 5.34. The lowest BCUT2D eigenvalue weighted by atomic mass is 9.73. The Kier molecular flexibility index (Phi) is 2.24. The van der Waals surface area contributed by atoms with Gasteiger partial charge in [-0.1, -0.05) is 50.6 Å². The third kappa shape index (κ3) is 1.13. The van der Waals surface area contributed by atoms with Crippen LogP contribution in [0.4, 0.5) is 0 Å². The van der Waals surface area contributed by atoms with Crippen LogP contribution in [0.25, 0.3) is 0 Å². The molecule has 3 atom stereocenters. The average Bonchev–Trinajstić information content (AvgIpc) is 2.77. The van der Waals surface area contributed by atoms with E-state index in [0.29, 0.717) is 17.9 Å². The molecular formula is C19H23NO2. The summed E-state index contributed by atoms with van der Waals surface area (Å²) in [7, 11) is 0. The molecule has 3 nitrogen and oxygen atoms in total. The standard InChI is InChI=1S/C19H23NO2/c1-17(2)18(9-6-10-18)19(17)11-14-12-22-15(20(14)16(19)21)13-7-4-3-5-8-13/h3-5,7-8,14-15H,6,9-12H2,1-2H3/t14?,15-,19?/m1/s1. The molecule has 0 bridgehead atoms. The molecule has 2 aliphatic carbocycles. The van der Waals surface area contributed by atoms with E-state index in [4.69, 9.17) is 4.74 Å². The van der Waals surface area contributed by atoms with Crippen LogP contribution in [0.5, 0.6) is 0 Å². The topological polar surface area (TPSA) is 29.5 Å². The second-order valence-electron chi connectivity index (χ2n) is 8.13. The molecular weight excluding hydrogens is 274 g/mol. The van der Waals surface area contributed by atoms with E-state index < -0.39 is 0 Å². The van der Waals surface area contributed by atoms with E-state index in [9.17, 15) is 4.79 Å². The maximum atomic E-state index is 13.4. The van der Waals surface area contributed by atoms with Crippen LogP contribution in [0.15, 0.2) is 30.3 Å². The van der Waals surface area contributed by atoms with Gasteiger partial charge >= 0.3 is 0 Å². The third-order valence-electron chi connectivity index (χ3n) is 7.54. The first-order valence-electron chi connectivity index (χ1n) is 8.55. The second-order valence-corrected chi connectivity index (χ2v) is 8.13. The Balaban J connectivity index is 1.53. The first kappa shape index (κ1) is 13.1. The van der Waals surface area contributed by atoms with Gasteiger partial charge in [0.1, 0.15) is 0 Å². The SMILES string of the molecule is CC1(C)C2(CCC2)C12CC1CO[C@H](c3ccccc3)N1C2=O. The van der Waals surface area contributed by atoms with E-state index in [1.165, 1.54) is 19.3 Å². The Morgan fingerprint density at radius 1 is 1.18 bits per heavy atom. The van der Waals surface area contributed by atoms with Crippen LogP contribution in [-0.2, 0) is 9.53 Å². The Morgan fingerprint density at radius 3 is 2.50 bits per heavy atom. The van der Waals surface area contributed by atoms with Gasteiger partial charge in [-0.15, -0.1) is 0 Å². The fourth-order valence-corrected chi connectivity index (χ4v) is 6.18. The lowest BCUT2D eigenvalue weighted by Gasteiger charge is -2.31. The molecule has 22 heavy (non-hydrogen) atoms. The Hall–Kier alpha value is -1.35. The highest BCUT2D eigenvalue weighted by Gasteiger charge is 2.89. The Morgan fingerprint density at radius 2 is 1.91 bits per heavy atom. The van der Waals surface area contributed by atoms with Crippen LogP contribution >= 0.6 is 0 Å². The molecule has 1 aromatic rings. The van der Waals surface area contributed by atoms with Gasteiger partial charge in [-0.3, -0.25) is 4.79 Å². The minimum atomic E-state index is -0.174. The van der Waals surface area contributed by atoms with Crippen LogP contribution in [0.2, 0.25) is 0 Å². The number of nitrogens with zero attached hydrogens (tertiary/aromatic N) is 1. The molecule has 0 N–H and O–H groups in total. The van der Waals surface area contributed by atoms with Gasteiger partial charge in [0.2, 0.25) is 5.91 Å². The molecule has 0 aromatic heterocycles. The highest BCUT2D eigenvalue weighted by molar-refractivity contribution is 5.92. The van der Waals surface area contributed by atoms with Crippen LogP contribution in [0, 0.1) is 16.2 Å². The predicted molar refractivity (Wildman–Crippen MR) is 82.9 cm³/mol. The molecule has 2 heterocycles. The average molecular weight is 297 g/mol. The molecule has 2 spiro atoms. The van der Waals surface area contributed by atoms with Gasteiger partial charge in [-0.2, -0.15) is 0 Å². The van der Waals surface area contributed by atoms with E-state index in [-0.39, 0.29) is 23.1 Å². The number of benzene rings is 1. The fourth-order valence-electron chi connectivity index (χ4n) is 6.18. The summed E-state index contributed by atoms with van der Waals surface area (Å²) >= 11 is 0. The Bertz CT molecular complexity index is 649. The number of ether oxygens (including phenoxy) is 1. The molecule has 116 valence electrons. The van der Waals surface area contributed by atoms with Gasteiger partial charge in [0, 0.05) is 5.56 Å². The molecule has 4 aliphatic rings. The third-order valence-corrected chi connectivity index (χ3v) is 7.54. The van der Waals surface area contributed by atoms with Gasteiger partial charge in [0.25, 0.3) is 0 Å². The van der Waals surface area contributed by atoms with Crippen molar-refractivity contribution in [2.45, 2.75) is 51.8 Å². The summed E-state index contributed by atoms with van der Waals surface area (Å²) in [6, 6.07) is 10.5. The predicted octanol–water partition coefficient (Wildman–Crippen LogP) is 3.51. The fraction of sp³-hybridized carbons (Fsp3) is 0.632. The summed E-state index contributed by atoms with van der Waals surface area (Å²) in [5.41, 5.74) is 1.47. The van der Waals surface area contributed by atoms with E-state index in [1.54, 1.807) is 0 Å². The van der Waals surface area contributed by atoms with Crippen LogP contribution in [0.1, 0.15) is 51.3 Å². The number of hydrogen-bond acceptors (Lipinski definition) is 2. The van der Waals surface area contributed by atoms with Crippen molar-refractivity contribution in [1.29, 1.82) is 0 Å².